The molecule has 0 saturated heterocycles. The van der Waals surface area contributed by atoms with Crippen molar-refractivity contribution in [2.24, 2.45) is 14.1 Å². The number of imidazole rings is 2. The highest BCUT2D eigenvalue weighted by atomic mass is 16.6. The highest BCUT2D eigenvalue weighted by Gasteiger charge is 2.23. The number of aryl methyl sites for hydroxylation is 2. The van der Waals surface area contributed by atoms with Crippen LogP contribution in [-0.2, 0) is 26.9 Å². The largest absolute Gasteiger partial charge is 0.496 e. The van der Waals surface area contributed by atoms with Crippen molar-refractivity contribution in [3.8, 4) is 23.1 Å². The molecule has 20 heteroatoms. The van der Waals surface area contributed by atoms with Crippen LogP contribution < -0.4 is 36.4 Å². The molecule has 70 heavy (non-hydrogen) atoms. The molecule has 0 amide bonds. The van der Waals surface area contributed by atoms with Crippen molar-refractivity contribution in [2.75, 3.05) is 98.2 Å². The molecule has 4 heterocycles. The van der Waals surface area contributed by atoms with E-state index in [-0.39, 0.29) is 23.5 Å². The number of nitrogens with two attached hydrogens (primary N) is 1. The molecule has 0 aliphatic rings. The summed E-state index contributed by atoms with van der Waals surface area (Å²) in [6.07, 6.45) is 3.86. The molecule has 2 N–H and O–H groups in total. The van der Waals surface area contributed by atoms with Crippen LogP contribution in [-0.4, -0.2) is 136 Å². The first-order valence-electron chi connectivity index (χ1n) is 22.5. The van der Waals surface area contributed by atoms with Crippen LogP contribution >= 0.6 is 0 Å². The molecule has 0 atom stereocenters. The number of para-hydroxylation sites is 4. The summed E-state index contributed by atoms with van der Waals surface area (Å²) in [5.41, 5.74) is 12.7. The minimum atomic E-state index is -0.391. The van der Waals surface area contributed by atoms with E-state index in [9.17, 15) is 19.7 Å². The molecule has 0 unspecified atom stereocenters. The van der Waals surface area contributed by atoms with Gasteiger partial charge in [-0.2, -0.15) is 0 Å². The lowest BCUT2D eigenvalue weighted by Crippen LogP contribution is -2.29. The Bertz CT molecular complexity index is 3280. The van der Waals surface area contributed by atoms with Crippen molar-refractivity contribution in [1.82, 2.24) is 48.0 Å². The summed E-state index contributed by atoms with van der Waals surface area (Å²) in [5.74, 6) is 3.16. The first-order chi connectivity index (χ1) is 33.5. The van der Waals surface area contributed by atoms with Gasteiger partial charge in [0.2, 0.25) is 0 Å². The van der Waals surface area contributed by atoms with Gasteiger partial charge in [-0.3, -0.25) is 19.2 Å². The van der Waals surface area contributed by atoms with E-state index in [2.05, 4.69) is 24.8 Å². The lowest BCUT2D eigenvalue weighted by Gasteiger charge is -2.24. The third-order valence-electron chi connectivity index (χ3n) is 12.1. The van der Waals surface area contributed by atoms with Gasteiger partial charge in [0.25, 0.3) is 5.69 Å². The number of hydrogen-bond acceptors (Lipinski definition) is 15. The van der Waals surface area contributed by atoms with Gasteiger partial charge in [0.1, 0.15) is 40.5 Å². The Morgan fingerprint density at radius 3 is 1.44 bits per heavy atom. The number of ether oxygens (including phenoxy) is 2. The lowest BCUT2D eigenvalue weighted by molar-refractivity contribution is -0.384. The van der Waals surface area contributed by atoms with E-state index in [1.807, 2.05) is 113 Å². The van der Waals surface area contributed by atoms with E-state index in [1.165, 1.54) is 17.7 Å². The van der Waals surface area contributed by atoms with Gasteiger partial charge in [0.05, 0.1) is 52.6 Å². The van der Waals surface area contributed by atoms with Gasteiger partial charge in [0.15, 0.2) is 0 Å². The Morgan fingerprint density at radius 2 is 1.01 bits per heavy atom. The normalized spacial score (nSPS) is 11.3. The number of anilines is 3. The molecule has 0 aliphatic carbocycles. The SMILES string of the molecule is COc1cc(N(C)CCN(C)C)c(N)cc1Cc1nccc(-n2c(=O)n(C)c3ccccc32)n1.COc1cc(N(C)CCN(C)C)c([N+](=O)[O-])cc1Cc1nccc(-n2c(=O)n(C)c3ccccc32)n1. The summed E-state index contributed by atoms with van der Waals surface area (Å²) >= 11 is 0. The maximum Gasteiger partial charge on any atom is 0.334 e. The molecule has 0 radical (unpaired) electrons. The Labute approximate surface area is 405 Å². The second-order valence-corrected chi connectivity index (χ2v) is 17.4. The van der Waals surface area contributed by atoms with Crippen LogP contribution in [0.1, 0.15) is 22.8 Å². The second kappa shape index (κ2) is 21.5. The molecule has 4 aromatic carbocycles. The van der Waals surface area contributed by atoms with Gasteiger partial charge >= 0.3 is 11.4 Å². The molecule has 0 aliphatic heterocycles. The Morgan fingerprint density at radius 1 is 0.600 bits per heavy atom. The standard InChI is InChI=1S/C25H29N7O4.C25H31N7O2/c1-28(2)12-13-29(3)20-16-22(36-5)17(14-21(20)32(34)35)15-23-26-11-10-24(27-23)31-19-9-7-6-8-18(19)30(4)25(31)33;1-29(2)12-13-30(3)21-16-22(34-5)17(14-18(21)26)15-23-27-11-10-24(28-23)32-20-9-7-6-8-19(20)31(4)25(32)33/h6-11,14,16H,12-13,15H2,1-5H3;6-11,14,16H,12-13,15,26H2,1-5H3. The summed E-state index contributed by atoms with van der Waals surface area (Å²) < 4.78 is 17.6. The molecule has 8 rings (SSSR count). The van der Waals surface area contributed by atoms with Crippen molar-refractivity contribution in [2.45, 2.75) is 12.8 Å². The maximum atomic E-state index is 12.9. The second-order valence-electron chi connectivity index (χ2n) is 17.4. The summed E-state index contributed by atoms with van der Waals surface area (Å²) in [7, 11) is 18.5. The fraction of sp³-hybridized carbons (Fsp3) is 0.320. The molecular weight excluding hydrogens is 893 g/mol. The number of benzene rings is 4. The van der Waals surface area contributed by atoms with Gasteiger partial charge in [-0.25, -0.2) is 38.7 Å². The zero-order valence-corrected chi connectivity index (χ0v) is 41.3. The van der Waals surface area contributed by atoms with E-state index < -0.39 is 4.92 Å². The predicted octanol–water partition coefficient (Wildman–Crippen LogP) is 4.92. The van der Waals surface area contributed by atoms with Crippen LogP contribution in [0.5, 0.6) is 11.5 Å². The number of aromatic nitrogens is 8. The van der Waals surface area contributed by atoms with Crippen LogP contribution in [0.4, 0.5) is 22.7 Å². The highest BCUT2D eigenvalue weighted by molar-refractivity contribution is 5.78. The molecule has 20 nitrogen and oxygen atoms in total. The van der Waals surface area contributed by atoms with E-state index in [0.29, 0.717) is 58.9 Å². The average molecular weight is 953 g/mol. The minimum absolute atomic E-state index is 0.0199. The number of fused-ring (bicyclic) bond motifs is 2. The third-order valence-corrected chi connectivity index (χ3v) is 12.1. The Kier molecular flexibility index (Phi) is 15.3. The zero-order valence-electron chi connectivity index (χ0n) is 41.3. The van der Waals surface area contributed by atoms with E-state index in [0.717, 1.165) is 58.7 Å². The van der Waals surface area contributed by atoms with Crippen LogP contribution in [0.15, 0.2) is 107 Å². The monoisotopic (exact) mass is 952 g/mol. The van der Waals surface area contributed by atoms with Gasteiger partial charge < -0.3 is 34.8 Å². The molecule has 0 spiro atoms. The highest BCUT2D eigenvalue weighted by Crippen LogP contribution is 2.36. The summed E-state index contributed by atoms with van der Waals surface area (Å²) in [5, 5.41) is 11.9. The smallest absolute Gasteiger partial charge is 0.334 e. The van der Waals surface area contributed by atoms with Gasteiger partial charge in [-0.1, -0.05) is 24.3 Å². The quantitative estimate of drug-likeness (QED) is 0.0731. The van der Waals surface area contributed by atoms with Crippen LogP contribution in [0.2, 0.25) is 0 Å². The van der Waals surface area contributed by atoms with Crippen molar-refractivity contribution < 1.29 is 14.4 Å². The van der Waals surface area contributed by atoms with Gasteiger partial charge in [-0.05, 0) is 70.7 Å². The lowest BCUT2D eigenvalue weighted by atomic mass is 10.1. The average Bonchev–Trinajstić information content (AvgIpc) is 3.76. The van der Waals surface area contributed by atoms with Crippen molar-refractivity contribution in [1.29, 1.82) is 0 Å². The summed E-state index contributed by atoms with van der Waals surface area (Å²) in [6, 6.07) is 25.6. The molecule has 0 saturated carbocycles. The fourth-order valence-corrected chi connectivity index (χ4v) is 8.18. The maximum absolute atomic E-state index is 12.9. The molecule has 0 fully saturated rings. The number of nitro benzene ring substituents is 1. The molecular formula is C50H60N14O6. The number of methoxy groups -OCH3 is 2. The van der Waals surface area contributed by atoms with E-state index in [1.54, 1.807) is 65.5 Å². The topological polar surface area (TPSA) is 206 Å². The van der Waals surface area contributed by atoms with Crippen LogP contribution in [0.3, 0.4) is 0 Å². The first kappa shape index (κ1) is 49.8. The Balaban J connectivity index is 0.000000207. The van der Waals surface area contributed by atoms with E-state index >= 15 is 0 Å². The van der Waals surface area contributed by atoms with Gasteiger partial charge in [0, 0.05) is 109 Å². The number of nitrogen functional groups attached to an aromatic ring is 1. The van der Waals surface area contributed by atoms with Crippen molar-refractivity contribution in [3.63, 3.8) is 0 Å². The fourth-order valence-electron chi connectivity index (χ4n) is 8.18. The third kappa shape index (κ3) is 10.6. The van der Waals surface area contributed by atoms with Crippen molar-refractivity contribution >= 4 is 44.8 Å². The number of likely N-dealkylation sites (N-methyl/N-ethyl adjacent to an activating group) is 4. The summed E-state index contributed by atoms with van der Waals surface area (Å²) in [6.45, 7) is 3.10. The van der Waals surface area contributed by atoms with Crippen LogP contribution in [0.25, 0.3) is 33.7 Å². The number of hydrogen-bond donors (Lipinski definition) is 1. The first-order valence-corrected chi connectivity index (χ1v) is 22.5. The number of rotatable bonds is 17. The summed E-state index contributed by atoms with van der Waals surface area (Å²) in [4.78, 5) is 63.6. The molecule has 366 valence electrons. The van der Waals surface area contributed by atoms with Gasteiger partial charge in [-0.15, -0.1) is 0 Å². The van der Waals surface area contributed by atoms with E-state index in [4.69, 9.17) is 20.2 Å². The molecule has 0 bridgehead atoms. The van der Waals surface area contributed by atoms with Crippen molar-refractivity contribution in [3.05, 3.63) is 151 Å². The number of nitrogens with zero attached hydrogens (tertiary/aromatic N) is 13. The number of nitro groups is 1. The van der Waals surface area contributed by atoms with Crippen LogP contribution in [0, 0.1) is 10.1 Å². The zero-order chi connectivity index (χ0) is 50.4. The molecule has 4 aromatic heterocycles. The molecule has 8 aromatic rings. The minimum Gasteiger partial charge on any atom is -0.496 e. The predicted molar refractivity (Wildman–Crippen MR) is 275 cm³/mol. The Hall–Kier alpha value is -8.10.